The second-order valence-corrected chi connectivity index (χ2v) is 2.79. The lowest BCUT2D eigenvalue weighted by molar-refractivity contribution is 0.0944. The molecule has 1 unspecified atom stereocenters. The third-order valence-electron chi connectivity index (χ3n) is 1.97. The zero-order chi connectivity index (χ0) is 9.26. The molecule has 0 aliphatic carbocycles. The fraction of sp³-hybridized carbons (Fsp3) is 0.222. The van der Waals surface area contributed by atoms with Gasteiger partial charge in [0.05, 0.1) is 5.69 Å². The predicted octanol–water partition coefficient (Wildman–Crippen LogP) is 1.51. The number of nitrogens with zero attached hydrogens (tertiary/aromatic N) is 2. The quantitative estimate of drug-likeness (QED) is 0.703. The Labute approximate surface area is 75.7 Å². The molecule has 66 valence electrons. The molecule has 0 spiro atoms. The summed E-state index contributed by atoms with van der Waals surface area (Å²) in [5.41, 5.74) is 1.29. The van der Waals surface area contributed by atoms with Gasteiger partial charge in [-0.25, -0.2) is 0 Å². The molecule has 1 N–H and O–H groups in total. The summed E-state index contributed by atoms with van der Waals surface area (Å²) in [7, 11) is 1.69. The second kappa shape index (κ2) is 3.06. The topological polar surface area (TPSA) is 53.8 Å². The second-order valence-electron chi connectivity index (χ2n) is 2.79. The van der Waals surface area contributed by atoms with Crippen LogP contribution >= 0.6 is 0 Å². The fourth-order valence-electron chi connectivity index (χ4n) is 1.28. The van der Waals surface area contributed by atoms with Crippen molar-refractivity contribution in [2.45, 2.75) is 6.17 Å². The number of nitrogens with one attached hydrogen (secondary N) is 1. The number of rotatable bonds is 1. The van der Waals surface area contributed by atoms with E-state index in [2.05, 4.69) is 15.5 Å². The van der Waals surface area contributed by atoms with Gasteiger partial charge in [-0.2, -0.15) is 10.2 Å². The molecule has 0 amide bonds. The molecule has 0 saturated heterocycles. The molecular weight excluding hydrogens is 166 g/mol. The molecule has 0 saturated carbocycles. The van der Waals surface area contributed by atoms with Crippen LogP contribution in [0.25, 0.3) is 0 Å². The van der Waals surface area contributed by atoms with Gasteiger partial charge in [0, 0.05) is 5.56 Å². The Morgan fingerprint density at radius 2 is 2.15 bits per heavy atom. The summed E-state index contributed by atoms with van der Waals surface area (Å²) < 4.78 is 0. The lowest BCUT2D eigenvalue weighted by Crippen LogP contribution is -2.33. The Hall–Kier alpha value is -1.55. The van der Waals surface area contributed by atoms with Crippen LogP contribution in [0.5, 0.6) is 0 Å². The van der Waals surface area contributed by atoms with E-state index in [1.165, 1.54) is 0 Å². The summed E-state index contributed by atoms with van der Waals surface area (Å²) in [5, 5.41) is 10.6. The number of ketones is 1. The number of azo groups is 1. The normalized spacial score (nSPS) is 20.1. The van der Waals surface area contributed by atoms with Crippen LogP contribution in [-0.4, -0.2) is 19.0 Å². The first-order valence-electron chi connectivity index (χ1n) is 4.04. The van der Waals surface area contributed by atoms with E-state index in [1.807, 2.05) is 12.1 Å². The molecule has 1 aromatic rings. The van der Waals surface area contributed by atoms with Crippen LogP contribution in [0.1, 0.15) is 10.4 Å². The Morgan fingerprint density at radius 1 is 1.38 bits per heavy atom. The highest BCUT2D eigenvalue weighted by Gasteiger charge is 2.23. The first-order valence-corrected chi connectivity index (χ1v) is 4.04. The molecule has 13 heavy (non-hydrogen) atoms. The standard InChI is InChI=1S/C9H9N3O/c1-10-9-8(13)6-4-2-3-5-7(6)11-12-9/h2-5,9-10H,1H3. The lowest BCUT2D eigenvalue weighted by Gasteiger charge is -2.14. The molecule has 2 rings (SSSR count). The van der Waals surface area contributed by atoms with Crippen molar-refractivity contribution in [3.8, 4) is 0 Å². The summed E-state index contributed by atoms with van der Waals surface area (Å²) in [6.45, 7) is 0. The zero-order valence-corrected chi connectivity index (χ0v) is 7.19. The fourth-order valence-corrected chi connectivity index (χ4v) is 1.28. The molecule has 1 aromatic carbocycles. The summed E-state index contributed by atoms with van der Waals surface area (Å²) in [5.74, 6) is -0.0203. The maximum atomic E-state index is 11.6. The number of likely N-dealkylation sites (N-methyl/N-ethyl adjacent to an activating group) is 1. The van der Waals surface area contributed by atoms with E-state index in [0.29, 0.717) is 11.3 Å². The summed E-state index contributed by atoms with van der Waals surface area (Å²) >= 11 is 0. The van der Waals surface area contributed by atoms with E-state index >= 15 is 0 Å². The van der Waals surface area contributed by atoms with Gasteiger partial charge in [-0.05, 0) is 19.2 Å². The van der Waals surface area contributed by atoms with Crippen LogP contribution in [0.4, 0.5) is 5.69 Å². The van der Waals surface area contributed by atoms with Gasteiger partial charge in [0.25, 0.3) is 0 Å². The number of hydrogen-bond acceptors (Lipinski definition) is 4. The van der Waals surface area contributed by atoms with E-state index in [1.54, 1.807) is 19.2 Å². The van der Waals surface area contributed by atoms with Gasteiger partial charge >= 0.3 is 0 Å². The monoisotopic (exact) mass is 175 g/mol. The SMILES string of the molecule is CNC1N=Nc2ccccc2C1=O. The number of carbonyl (C=O) groups is 1. The Kier molecular flexibility index (Phi) is 1.90. The van der Waals surface area contributed by atoms with Crippen molar-refractivity contribution >= 4 is 11.5 Å². The molecule has 0 radical (unpaired) electrons. The van der Waals surface area contributed by atoms with Crippen molar-refractivity contribution in [3.05, 3.63) is 29.8 Å². The van der Waals surface area contributed by atoms with Gasteiger partial charge in [0.2, 0.25) is 5.78 Å². The summed E-state index contributed by atoms with van der Waals surface area (Å²) in [4.78, 5) is 11.6. The van der Waals surface area contributed by atoms with Crippen molar-refractivity contribution in [3.63, 3.8) is 0 Å². The number of Topliss-reactive ketones (excluding diaryl/α,β-unsaturated/α-hetero) is 1. The average molecular weight is 175 g/mol. The zero-order valence-electron chi connectivity index (χ0n) is 7.19. The number of benzene rings is 1. The molecule has 1 aliphatic heterocycles. The van der Waals surface area contributed by atoms with Crippen LogP contribution in [0.15, 0.2) is 34.5 Å². The van der Waals surface area contributed by atoms with Crippen LogP contribution in [0.2, 0.25) is 0 Å². The highest BCUT2D eigenvalue weighted by Crippen LogP contribution is 2.24. The Morgan fingerprint density at radius 3 is 2.92 bits per heavy atom. The lowest BCUT2D eigenvalue weighted by atomic mass is 10.1. The van der Waals surface area contributed by atoms with E-state index < -0.39 is 6.17 Å². The molecule has 1 heterocycles. The minimum Gasteiger partial charge on any atom is -0.291 e. The molecule has 1 aliphatic rings. The molecular formula is C9H9N3O. The largest absolute Gasteiger partial charge is 0.291 e. The number of fused-ring (bicyclic) bond motifs is 1. The summed E-state index contributed by atoms with van der Waals surface area (Å²) in [6, 6.07) is 7.21. The number of hydrogen-bond donors (Lipinski definition) is 1. The van der Waals surface area contributed by atoms with E-state index in [-0.39, 0.29) is 5.78 Å². The van der Waals surface area contributed by atoms with E-state index in [0.717, 1.165) is 0 Å². The van der Waals surface area contributed by atoms with Crippen LogP contribution < -0.4 is 5.32 Å². The Bertz CT molecular complexity index is 373. The maximum absolute atomic E-state index is 11.6. The van der Waals surface area contributed by atoms with Gasteiger partial charge in [-0.15, -0.1) is 0 Å². The maximum Gasteiger partial charge on any atom is 0.206 e. The van der Waals surface area contributed by atoms with Crippen LogP contribution in [0, 0.1) is 0 Å². The van der Waals surface area contributed by atoms with Gasteiger partial charge in [-0.3, -0.25) is 10.1 Å². The number of carbonyl (C=O) groups excluding carboxylic acids is 1. The van der Waals surface area contributed by atoms with Crippen molar-refractivity contribution in [1.82, 2.24) is 5.32 Å². The first kappa shape index (κ1) is 8.07. The van der Waals surface area contributed by atoms with Gasteiger partial charge in [-0.1, -0.05) is 12.1 Å². The van der Waals surface area contributed by atoms with Crippen molar-refractivity contribution in [2.24, 2.45) is 10.2 Å². The summed E-state index contributed by atoms with van der Waals surface area (Å²) in [6.07, 6.45) is -0.519. The molecule has 4 nitrogen and oxygen atoms in total. The van der Waals surface area contributed by atoms with Crippen LogP contribution in [-0.2, 0) is 0 Å². The molecule has 0 bridgehead atoms. The highest BCUT2D eigenvalue weighted by molar-refractivity contribution is 6.04. The van der Waals surface area contributed by atoms with E-state index in [4.69, 9.17) is 0 Å². The smallest absolute Gasteiger partial charge is 0.206 e. The van der Waals surface area contributed by atoms with Crippen LogP contribution in [0.3, 0.4) is 0 Å². The predicted molar refractivity (Wildman–Crippen MR) is 48.1 cm³/mol. The third kappa shape index (κ3) is 1.25. The Balaban J connectivity index is 2.48. The van der Waals surface area contributed by atoms with Crippen molar-refractivity contribution < 1.29 is 4.79 Å². The van der Waals surface area contributed by atoms with Gasteiger partial charge < -0.3 is 0 Å². The average Bonchev–Trinajstić information content (AvgIpc) is 2.19. The van der Waals surface area contributed by atoms with Gasteiger partial charge in [0.15, 0.2) is 6.17 Å². The highest BCUT2D eigenvalue weighted by atomic mass is 16.1. The third-order valence-corrected chi connectivity index (χ3v) is 1.97. The van der Waals surface area contributed by atoms with E-state index in [9.17, 15) is 4.79 Å². The minimum atomic E-state index is -0.519. The first-order chi connectivity index (χ1) is 6.33. The molecule has 0 aromatic heterocycles. The molecule has 0 fully saturated rings. The van der Waals surface area contributed by atoms with Crippen molar-refractivity contribution in [1.29, 1.82) is 0 Å². The molecule has 4 heteroatoms. The van der Waals surface area contributed by atoms with Gasteiger partial charge in [0.1, 0.15) is 0 Å². The minimum absolute atomic E-state index is 0.0203. The molecule has 1 atom stereocenters. The van der Waals surface area contributed by atoms with Crippen molar-refractivity contribution in [2.75, 3.05) is 7.05 Å².